The molecule has 0 spiro atoms. The van der Waals surface area contributed by atoms with E-state index in [1.54, 1.807) is 0 Å². The number of nitrogens with zero attached hydrogens (tertiary/aromatic N) is 2. The number of hydrazone groups is 1. The van der Waals surface area contributed by atoms with Gasteiger partial charge in [0, 0.05) is 23.2 Å². The fraction of sp³-hybridized carbons (Fsp3) is 0.273. The summed E-state index contributed by atoms with van der Waals surface area (Å²) in [5.74, 6) is -0.302. The summed E-state index contributed by atoms with van der Waals surface area (Å²) >= 11 is 0. The van der Waals surface area contributed by atoms with Crippen LogP contribution in [0.4, 0.5) is 4.39 Å². The van der Waals surface area contributed by atoms with Gasteiger partial charge in [0.05, 0.1) is 30.3 Å². The van der Waals surface area contributed by atoms with Crippen molar-refractivity contribution in [2.45, 2.75) is 31.1 Å². The van der Waals surface area contributed by atoms with E-state index < -0.39 is 15.8 Å². The summed E-state index contributed by atoms with van der Waals surface area (Å²) in [6, 6.07) is 8.16. The molecule has 176 valence electrons. The Bertz CT molecular complexity index is 1320. The van der Waals surface area contributed by atoms with Crippen LogP contribution in [0.1, 0.15) is 31.7 Å². The third-order valence-corrected chi connectivity index (χ3v) is 6.70. The predicted molar refractivity (Wildman–Crippen MR) is 125 cm³/mol. The molecule has 11 heteroatoms. The van der Waals surface area contributed by atoms with Gasteiger partial charge in [0.1, 0.15) is 5.82 Å². The average molecular weight is 476 g/mol. The minimum atomic E-state index is -4.13. The molecule has 3 aromatic rings. The molecule has 0 bridgehead atoms. The Morgan fingerprint density at radius 1 is 1.18 bits per heavy atom. The van der Waals surface area contributed by atoms with E-state index in [0.29, 0.717) is 28.8 Å². The van der Waals surface area contributed by atoms with E-state index in [-0.39, 0.29) is 22.1 Å². The highest BCUT2D eigenvalue weighted by Crippen LogP contribution is 2.33. The molecule has 0 radical (unpaired) electrons. The fourth-order valence-corrected chi connectivity index (χ4v) is 4.79. The summed E-state index contributed by atoms with van der Waals surface area (Å²) in [6.45, 7) is 2.01. The number of aromatic nitrogens is 1. The lowest BCUT2D eigenvalue weighted by molar-refractivity contribution is 0.354. The van der Waals surface area contributed by atoms with Gasteiger partial charge in [-0.25, -0.2) is 22.2 Å². The molecule has 33 heavy (non-hydrogen) atoms. The van der Waals surface area contributed by atoms with E-state index in [0.717, 1.165) is 22.9 Å². The van der Waals surface area contributed by atoms with Crippen LogP contribution in [0, 0.1) is 11.2 Å². The Morgan fingerprint density at radius 3 is 2.55 bits per heavy atom. The van der Waals surface area contributed by atoms with Gasteiger partial charge in [0.2, 0.25) is 5.96 Å². The number of ether oxygens (including phenoxy) is 2. The Morgan fingerprint density at radius 2 is 1.91 bits per heavy atom. The van der Waals surface area contributed by atoms with Crippen LogP contribution in [0.25, 0.3) is 10.9 Å². The van der Waals surface area contributed by atoms with Gasteiger partial charge in [-0.3, -0.25) is 5.41 Å². The number of nitrogens with one attached hydrogen (secondary N) is 2. The number of hydrogen-bond donors (Lipinski definition) is 3. The van der Waals surface area contributed by atoms with Crippen molar-refractivity contribution in [3.63, 3.8) is 0 Å². The lowest BCUT2D eigenvalue weighted by atomic mass is 10.0. The molecule has 0 atom stereocenters. The van der Waals surface area contributed by atoms with Crippen molar-refractivity contribution in [2.75, 3.05) is 14.2 Å². The van der Waals surface area contributed by atoms with Crippen molar-refractivity contribution in [3.05, 3.63) is 54.0 Å². The second-order valence-electron chi connectivity index (χ2n) is 7.21. The largest absolute Gasteiger partial charge is 0.493 e. The molecule has 3 rings (SSSR count). The number of fused-ring (bicyclic) bond motifs is 1. The summed E-state index contributed by atoms with van der Waals surface area (Å²) in [7, 11) is -1.27. The Balaban J connectivity index is 2.24. The SMILES string of the molecule is CCCCC(=NNC(=N)N)c1cn(S(=O)(=O)c2ccc(OC)c(OC)c2)c2cc(F)ccc12. The zero-order valence-electron chi connectivity index (χ0n) is 18.6. The Hall–Kier alpha value is -3.60. The molecule has 0 aliphatic heterocycles. The van der Waals surface area contributed by atoms with Crippen molar-refractivity contribution in [3.8, 4) is 11.5 Å². The van der Waals surface area contributed by atoms with Gasteiger partial charge in [-0.1, -0.05) is 13.3 Å². The minimum absolute atomic E-state index is 0.0539. The standard InChI is InChI=1S/C22H26FN5O4S/c1-4-5-6-18(26-27-22(24)25)17-13-28(19-11-14(23)7-9-16(17)19)33(29,30)15-8-10-20(31-2)21(12-15)32-3/h7-13H,4-6H2,1-3H3,(H4,24,25,27). The molecule has 1 aromatic heterocycles. The average Bonchev–Trinajstić information content (AvgIpc) is 3.17. The number of rotatable bonds is 9. The van der Waals surface area contributed by atoms with Crippen molar-refractivity contribution < 1.29 is 22.3 Å². The number of guanidine groups is 1. The third-order valence-electron chi connectivity index (χ3n) is 5.03. The van der Waals surface area contributed by atoms with Gasteiger partial charge >= 0.3 is 0 Å². The smallest absolute Gasteiger partial charge is 0.268 e. The van der Waals surface area contributed by atoms with Crippen LogP contribution in [0.2, 0.25) is 0 Å². The topological polar surface area (TPSA) is 132 Å². The van der Waals surface area contributed by atoms with Crippen molar-refractivity contribution >= 4 is 32.6 Å². The molecular formula is C22H26FN5O4S. The quantitative estimate of drug-likeness (QED) is 0.247. The molecule has 1 heterocycles. The highest BCUT2D eigenvalue weighted by atomic mass is 32.2. The molecule has 9 nitrogen and oxygen atoms in total. The van der Waals surface area contributed by atoms with Gasteiger partial charge in [-0.15, -0.1) is 0 Å². The molecule has 0 aliphatic rings. The number of benzene rings is 2. The van der Waals surface area contributed by atoms with Crippen LogP contribution in [-0.2, 0) is 10.0 Å². The molecule has 4 N–H and O–H groups in total. The van der Waals surface area contributed by atoms with Crippen molar-refractivity contribution in [2.24, 2.45) is 10.8 Å². The Labute approximate surface area is 191 Å². The Kier molecular flexibility index (Phi) is 7.22. The summed E-state index contributed by atoms with van der Waals surface area (Å²) in [6.07, 6.45) is 3.56. The first kappa shape index (κ1) is 24.1. The van der Waals surface area contributed by atoms with E-state index >= 15 is 0 Å². The highest BCUT2D eigenvalue weighted by Gasteiger charge is 2.25. The number of halogens is 1. The van der Waals surface area contributed by atoms with E-state index in [1.807, 2.05) is 6.92 Å². The van der Waals surface area contributed by atoms with Crippen LogP contribution >= 0.6 is 0 Å². The highest BCUT2D eigenvalue weighted by molar-refractivity contribution is 7.90. The van der Waals surface area contributed by atoms with Crippen molar-refractivity contribution in [1.29, 1.82) is 5.41 Å². The first-order chi connectivity index (χ1) is 15.7. The maximum absolute atomic E-state index is 14.2. The van der Waals surface area contributed by atoms with Gasteiger partial charge in [-0.2, -0.15) is 5.10 Å². The summed E-state index contributed by atoms with van der Waals surface area (Å²) < 4.78 is 52.8. The maximum atomic E-state index is 14.2. The second kappa shape index (κ2) is 9.90. The summed E-state index contributed by atoms with van der Waals surface area (Å²) in [5.41, 5.74) is 8.96. The number of nitrogens with two attached hydrogens (primary N) is 1. The minimum Gasteiger partial charge on any atom is -0.493 e. The van der Waals surface area contributed by atoms with E-state index in [1.165, 1.54) is 50.7 Å². The van der Waals surface area contributed by atoms with E-state index in [9.17, 15) is 12.8 Å². The first-order valence-corrected chi connectivity index (χ1v) is 11.6. The molecule has 0 saturated carbocycles. The molecule has 0 fully saturated rings. The van der Waals surface area contributed by atoms with Crippen LogP contribution in [0.5, 0.6) is 11.5 Å². The number of unbranched alkanes of at least 4 members (excludes halogenated alkanes) is 1. The van der Waals surface area contributed by atoms with Gasteiger partial charge in [0.25, 0.3) is 10.0 Å². The molecule has 0 amide bonds. The molecule has 0 aliphatic carbocycles. The predicted octanol–water partition coefficient (Wildman–Crippen LogP) is 3.41. The summed E-state index contributed by atoms with van der Waals surface area (Å²) in [4.78, 5) is -0.0539. The molecular weight excluding hydrogens is 449 g/mol. The molecule has 0 unspecified atom stereocenters. The molecule has 2 aromatic carbocycles. The maximum Gasteiger partial charge on any atom is 0.268 e. The van der Waals surface area contributed by atoms with Crippen molar-refractivity contribution in [1.82, 2.24) is 9.40 Å². The zero-order chi connectivity index (χ0) is 24.2. The second-order valence-corrected chi connectivity index (χ2v) is 9.02. The van der Waals surface area contributed by atoms with Gasteiger partial charge < -0.3 is 15.2 Å². The number of methoxy groups -OCH3 is 2. The fourth-order valence-electron chi connectivity index (χ4n) is 3.41. The normalized spacial score (nSPS) is 12.1. The first-order valence-electron chi connectivity index (χ1n) is 10.2. The van der Waals surface area contributed by atoms with Crippen LogP contribution in [-0.4, -0.2) is 38.3 Å². The van der Waals surface area contributed by atoms with Crippen LogP contribution in [0.15, 0.2) is 52.6 Å². The van der Waals surface area contributed by atoms with Crippen LogP contribution < -0.4 is 20.6 Å². The zero-order valence-corrected chi connectivity index (χ0v) is 19.4. The van der Waals surface area contributed by atoms with Gasteiger partial charge in [-0.05, 0) is 43.2 Å². The summed E-state index contributed by atoms with van der Waals surface area (Å²) in [5, 5.41) is 12.1. The third kappa shape index (κ3) is 4.92. The van der Waals surface area contributed by atoms with Crippen LogP contribution in [0.3, 0.4) is 0 Å². The van der Waals surface area contributed by atoms with E-state index in [2.05, 4.69) is 10.5 Å². The molecule has 0 saturated heterocycles. The monoisotopic (exact) mass is 475 g/mol. The lowest BCUT2D eigenvalue weighted by Crippen LogP contribution is -2.27. The lowest BCUT2D eigenvalue weighted by Gasteiger charge is -2.11. The number of hydrogen-bond acceptors (Lipinski definition) is 6. The van der Waals surface area contributed by atoms with Gasteiger partial charge in [0.15, 0.2) is 11.5 Å². The van der Waals surface area contributed by atoms with E-state index in [4.69, 9.17) is 20.6 Å².